The van der Waals surface area contributed by atoms with E-state index in [2.05, 4.69) is 62.4 Å². The number of alkyl carbamates (subject to hydrolysis) is 1. The van der Waals surface area contributed by atoms with Crippen molar-refractivity contribution in [3.8, 4) is 0 Å². The molecule has 0 saturated carbocycles. The first-order valence-corrected chi connectivity index (χ1v) is 37.3. The van der Waals surface area contributed by atoms with E-state index in [9.17, 15) is 28.8 Å². The highest BCUT2D eigenvalue weighted by molar-refractivity contribution is 6.44. The quantitative estimate of drug-likeness (QED) is 0.0455. The van der Waals surface area contributed by atoms with E-state index in [0.29, 0.717) is 107 Å². The molecule has 546 valence electrons. The lowest BCUT2D eigenvalue weighted by Gasteiger charge is -2.19. The second-order valence-corrected chi connectivity index (χ2v) is 28.4. The highest BCUT2D eigenvalue weighted by atomic mass is 35.5. The van der Waals surface area contributed by atoms with Crippen LogP contribution in [0.5, 0.6) is 0 Å². The van der Waals surface area contributed by atoms with Crippen LogP contribution in [0.25, 0.3) is 0 Å². The number of carbonyl (C=O) groups excluding carboxylic acids is 6. The summed E-state index contributed by atoms with van der Waals surface area (Å²) in [6.45, 7) is 16.5. The molecule has 101 heavy (non-hydrogen) atoms. The van der Waals surface area contributed by atoms with Gasteiger partial charge in [0.25, 0.3) is 23.6 Å². The predicted molar refractivity (Wildman–Crippen MR) is 414 cm³/mol. The van der Waals surface area contributed by atoms with Crippen molar-refractivity contribution in [1.29, 1.82) is 0 Å². The van der Waals surface area contributed by atoms with E-state index in [1.807, 2.05) is 6.92 Å². The molecular formula is C70H81Cl11N12O8. The van der Waals surface area contributed by atoms with Crippen LogP contribution in [0.4, 0.5) is 38.0 Å². The van der Waals surface area contributed by atoms with E-state index >= 15 is 0 Å². The molecular weight excluding hydrogens is 1530 g/mol. The number of nitrogens with one attached hydrogen (secondary N) is 4. The number of aliphatic imine (C=N–C) groups is 1. The number of hydrazone groups is 3. The molecule has 0 spiro atoms. The Bertz CT molecular complexity index is 3820. The molecule has 5 atom stereocenters. The summed E-state index contributed by atoms with van der Waals surface area (Å²) in [7, 11) is 0. The van der Waals surface area contributed by atoms with Crippen molar-refractivity contribution >= 4 is 215 Å². The van der Waals surface area contributed by atoms with Crippen LogP contribution in [-0.4, -0.2) is 78.9 Å². The lowest BCUT2D eigenvalue weighted by molar-refractivity contribution is -0.120. The average Bonchev–Trinajstić information content (AvgIpc) is 1.69. The Morgan fingerprint density at radius 1 is 0.515 bits per heavy atom. The topological polar surface area (TPSA) is 231 Å². The van der Waals surface area contributed by atoms with Gasteiger partial charge in [0.2, 0.25) is 5.90 Å². The summed E-state index contributed by atoms with van der Waals surface area (Å²) in [5, 5.41) is 29.7. The predicted octanol–water partition coefficient (Wildman–Crippen LogP) is 21.2. The lowest BCUT2D eigenvalue weighted by Crippen LogP contribution is -2.42. The maximum atomic E-state index is 12.6. The zero-order chi connectivity index (χ0) is 74.2. The van der Waals surface area contributed by atoms with Crippen molar-refractivity contribution in [3.05, 3.63) is 140 Å². The van der Waals surface area contributed by atoms with Gasteiger partial charge in [0.1, 0.15) is 34.8 Å². The number of unbranched alkanes of at least 4 members (excludes halogenated alkanes) is 10. The molecule has 0 bridgehead atoms. The van der Waals surface area contributed by atoms with Crippen molar-refractivity contribution in [1.82, 2.24) is 21.4 Å². The van der Waals surface area contributed by atoms with Gasteiger partial charge in [-0.15, -0.1) is 5.10 Å². The van der Waals surface area contributed by atoms with Crippen LogP contribution in [0, 0.1) is 29.6 Å². The van der Waals surface area contributed by atoms with Gasteiger partial charge in [0.15, 0.2) is 0 Å². The highest BCUT2D eigenvalue weighted by Crippen LogP contribution is 2.41. The van der Waals surface area contributed by atoms with E-state index in [0.717, 1.165) is 48.5 Å². The fraction of sp³-hybridized carbons (Fsp3) is 0.429. The van der Waals surface area contributed by atoms with Crippen LogP contribution in [0.3, 0.4) is 0 Å². The normalized spacial score (nSPS) is 17.7. The van der Waals surface area contributed by atoms with Crippen molar-refractivity contribution in [3.63, 3.8) is 0 Å². The van der Waals surface area contributed by atoms with Gasteiger partial charge in [-0.25, -0.2) is 19.6 Å². The molecule has 4 heterocycles. The number of halogens is 11. The summed E-state index contributed by atoms with van der Waals surface area (Å²) in [6, 6.07) is 22.3. The molecule has 0 radical (unpaired) electrons. The zero-order valence-electron chi connectivity index (χ0n) is 57.0. The minimum Gasteiger partial charge on any atom is -0.479 e. The van der Waals surface area contributed by atoms with Gasteiger partial charge in [-0.2, -0.15) is 25.2 Å². The van der Waals surface area contributed by atoms with Gasteiger partial charge in [-0.1, -0.05) is 225 Å². The number of hydrogen-bond acceptors (Lipinski definition) is 12. The molecule has 31 heteroatoms. The van der Waals surface area contributed by atoms with E-state index in [1.54, 1.807) is 88.4 Å². The van der Waals surface area contributed by atoms with Crippen molar-refractivity contribution < 1.29 is 38.2 Å². The van der Waals surface area contributed by atoms with Gasteiger partial charge in [0, 0.05) is 31.7 Å². The van der Waals surface area contributed by atoms with Gasteiger partial charge < -0.3 is 14.8 Å². The molecule has 1 fully saturated rings. The monoisotopic (exact) mass is 1600 g/mol. The molecule has 5 aromatic rings. The number of hydrazine groups is 1. The van der Waals surface area contributed by atoms with Crippen LogP contribution in [0.15, 0.2) is 105 Å². The van der Waals surface area contributed by atoms with Crippen molar-refractivity contribution in [2.45, 2.75) is 145 Å². The maximum absolute atomic E-state index is 12.6. The number of benzene rings is 5. The summed E-state index contributed by atoms with van der Waals surface area (Å²) < 4.78 is 10.6. The summed E-state index contributed by atoms with van der Waals surface area (Å²) in [5.41, 5.74) is 5.00. The largest absolute Gasteiger partial charge is 0.479 e. The average molecular weight is 1610 g/mol. The minimum absolute atomic E-state index is 0.178. The minimum atomic E-state index is -0.616. The molecule has 20 nitrogen and oxygen atoms in total. The van der Waals surface area contributed by atoms with Crippen LogP contribution in [0.1, 0.15) is 145 Å². The van der Waals surface area contributed by atoms with Crippen LogP contribution >= 0.6 is 128 Å². The van der Waals surface area contributed by atoms with E-state index in [4.69, 9.17) is 137 Å². The second kappa shape index (κ2) is 41.5. The molecule has 9 rings (SSSR count). The van der Waals surface area contributed by atoms with Crippen molar-refractivity contribution in [2.75, 3.05) is 39.8 Å². The first-order valence-electron chi connectivity index (χ1n) is 33.2. The number of carbonyl (C=O) groups is 6. The molecule has 0 aromatic heterocycles. The van der Waals surface area contributed by atoms with E-state index in [1.165, 1.54) is 85.6 Å². The number of ether oxygens (including phenoxy) is 2. The van der Waals surface area contributed by atoms with Crippen molar-refractivity contribution in [2.24, 2.45) is 49.9 Å². The molecule has 4 N–H and O–H groups in total. The molecule has 4 aliphatic rings. The Morgan fingerprint density at radius 3 is 1.59 bits per heavy atom. The fourth-order valence-electron chi connectivity index (χ4n) is 10.2. The Balaban J connectivity index is 0.000000214. The fourth-order valence-corrected chi connectivity index (χ4v) is 13.0. The summed E-state index contributed by atoms with van der Waals surface area (Å²) >= 11 is 66.5. The van der Waals surface area contributed by atoms with Crippen LogP contribution < -0.4 is 41.4 Å². The Kier molecular flexibility index (Phi) is 34.5. The summed E-state index contributed by atoms with van der Waals surface area (Å²) in [4.78, 5) is 78.4. The van der Waals surface area contributed by atoms with Gasteiger partial charge in [-0.05, 0) is 138 Å². The zero-order valence-corrected chi connectivity index (χ0v) is 65.3. The molecule has 0 aliphatic carbocycles. The number of rotatable bonds is 23. The third kappa shape index (κ3) is 24.3. The number of urea groups is 1. The summed E-state index contributed by atoms with van der Waals surface area (Å²) in [6.07, 6.45) is 16.2. The number of anilines is 4. The first-order chi connectivity index (χ1) is 48.1. The smallest absolute Gasteiger partial charge is 0.412 e. The second-order valence-electron chi connectivity index (χ2n) is 23.8. The highest BCUT2D eigenvalue weighted by Gasteiger charge is 2.40. The molecule has 5 unspecified atom stereocenters. The number of amidine groups is 3. The van der Waals surface area contributed by atoms with Crippen LogP contribution in [-0.2, 0) is 28.7 Å². The van der Waals surface area contributed by atoms with Gasteiger partial charge in [0.05, 0.1) is 78.2 Å². The van der Waals surface area contributed by atoms with Gasteiger partial charge in [-0.3, -0.25) is 35.2 Å². The van der Waals surface area contributed by atoms with Gasteiger partial charge >= 0.3 is 12.1 Å². The Hall–Kier alpha value is -6.01. The molecule has 5 aromatic carbocycles. The van der Waals surface area contributed by atoms with Crippen LogP contribution in [0.2, 0.25) is 55.2 Å². The lowest BCUT2D eigenvalue weighted by atomic mass is 10.0. The molecule has 4 aliphatic heterocycles. The SMILES string of the molecule is CC1C(=O)N(c2c(Cl)cc(Cl)cc2Cl)NC1=Nc1cc(Cl)ccc1Cl.CCCCC(CC)COC(=O)NC1=NN(c2cc(Cl)ccc2Cl)C(=O)C1C.CCCCCCCCCCCCNC(=O)NC1=NN(c2ccc(Cl)cc2)C(=O)C1C.CCOC1=NN(c2c(Cl)cc(Cl)cc2Cl)C(=O)C1C. The molecule has 7 amide bonds. The maximum Gasteiger partial charge on any atom is 0.412 e. The third-order valence-corrected chi connectivity index (χ3v) is 19.0. The van der Waals surface area contributed by atoms with E-state index < -0.39 is 29.8 Å². The number of amides is 7. The number of hydrogen-bond donors (Lipinski definition) is 4. The van der Waals surface area contributed by atoms with E-state index in [-0.39, 0.29) is 55.6 Å². The Morgan fingerprint density at radius 2 is 1.02 bits per heavy atom. The standard InChI is InChI=1S/C23H35ClN4O2.C19H25Cl2N3O3.C16H10Cl5N3O.C12H11Cl3N2O2/c1-3-4-5-6-7-8-9-10-11-12-17-25-23(30)26-21-18(2)22(29)28(27-21)20-15-13-19(24)14-16-20;1-4-6-7-13(5-2)11-27-19(26)22-17-12(3)18(25)24(23-17)16-10-14(20)8-9-15(16)21;1-7-15(22-13-6-8(17)2-3-10(13)19)23-24(16(7)25)14-11(20)4-9(18)5-12(14)21;1-3-19-11-6(2)12(18)17(16-11)10-8(14)4-7(13)5-9(10)15/h13-16,18H,3-12,17H2,1-2H3,(H2,25,26,27,30);8-10,12-13H,4-7,11H2,1-3H3,(H,22,23,26);2-7H,1H3,(H,22,23);4-6H,3H2,1-2H3. The third-order valence-electron chi connectivity index (χ3n) is 16.1. The Labute approximate surface area is 644 Å². The number of nitrogens with zero attached hydrogens (tertiary/aromatic N) is 8. The molecule has 1 saturated heterocycles. The first kappa shape index (κ1) is 83.9. The summed E-state index contributed by atoms with van der Waals surface area (Å²) in [5.74, 6) is -1.42.